The van der Waals surface area contributed by atoms with Crippen molar-refractivity contribution in [2.24, 2.45) is 0 Å². The molecule has 12 nitrogen and oxygen atoms in total. The van der Waals surface area contributed by atoms with Gasteiger partial charge in [-0.05, 0) is 31.0 Å². The maximum Gasteiger partial charge on any atom is 0.311 e. The predicted molar refractivity (Wildman–Crippen MR) is 122 cm³/mol. The number of hydrogen-bond donors (Lipinski definition) is 4. The number of methoxy groups -OCH3 is 1. The van der Waals surface area contributed by atoms with E-state index in [2.05, 4.69) is 25.7 Å². The number of amides is 2. The van der Waals surface area contributed by atoms with E-state index in [-0.39, 0.29) is 30.9 Å². The van der Waals surface area contributed by atoms with E-state index >= 15 is 0 Å². The number of nitrogens with one attached hydrogen (secondary N) is 3. The van der Waals surface area contributed by atoms with Crippen LogP contribution in [0.15, 0.2) is 36.5 Å². The number of ether oxygens (including phenoxy) is 1. The minimum atomic E-state index is -1.09. The van der Waals surface area contributed by atoms with Crippen molar-refractivity contribution in [2.45, 2.75) is 32.2 Å². The lowest BCUT2D eigenvalue weighted by Gasteiger charge is -2.19. The predicted octanol–water partition coefficient (Wildman–Crippen LogP) is 1.73. The molecule has 2 amide bonds. The lowest BCUT2D eigenvalue weighted by atomic mass is 10.0. The van der Waals surface area contributed by atoms with Gasteiger partial charge in [-0.2, -0.15) is 0 Å². The summed E-state index contributed by atoms with van der Waals surface area (Å²) in [5.74, 6) is -1.65. The molecule has 2 aromatic rings. The molecule has 0 aliphatic carbocycles. The Labute approximate surface area is 195 Å². The van der Waals surface area contributed by atoms with Gasteiger partial charge in [-0.3, -0.25) is 24.5 Å². The zero-order chi connectivity index (χ0) is 25.1. The Morgan fingerprint density at radius 1 is 1.24 bits per heavy atom. The van der Waals surface area contributed by atoms with Crippen LogP contribution in [0.1, 0.15) is 36.4 Å². The van der Waals surface area contributed by atoms with Crippen LogP contribution in [0.3, 0.4) is 0 Å². The lowest BCUT2D eigenvalue weighted by molar-refractivity contribution is -0.386. The first kappa shape index (κ1) is 26.0. The van der Waals surface area contributed by atoms with Gasteiger partial charge in [0, 0.05) is 30.8 Å². The molecule has 0 aliphatic heterocycles. The number of aryl methyl sites for hydroxylation is 1. The highest BCUT2D eigenvalue weighted by Crippen LogP contribution is 2.34. The zero-order valence-electron chi connectivity index (χ0n) is 18.9. The highest BCUT2D eigenvalue weighted by Gasteiger charge is 2.26. The van der Waals surface area contributed by atoms with Gasteiger partial charge in [-0.15, -0.1) is 0 Å². The van der Waals surface area contributed by atoms with Gasteiger partial charge in [0.25, 0.3) is 0 Å². The minimum Gasteiger partial charge on any atom is -0.502 e. The Morgan fingerprint density at radius 3 is 2.68 bits per heavy atom. The summed E-state index contributed by atoms with van der Waals surface area (Å²) in [7, 11) is 1.15. The number of carbonyl (C=O) groups is 3. The van der Waals surface area contributed by atoms with Crippen LogP contribution in [0.4, 0.5) is 11.5 Å². The van der Waals surface area contributed by atoms with Gasteiger partial charge >= 0.3 is 11.7 Å². The number of nitro benzene ring substituents is 1. The van der Waals surface area contributed by atoms with Gasteiger partial charge in [0.2, 0.25) is 11.8 Å². The second-order valence-electron chi connectivity index (χ2n) is 7.40. The summed E-state index contributed by atoms with van der Waals surface area (Å²) >= 11 is 0. The van der Waals surface area contributed by atoms with Crippen molar-refractivity contribution in [1.82, 2.24) is 15.6 Å². The molecule has 1 atom stereocenters. The first-order valence-corrected chi connectivity index (χ1v) is 10.5. The fraction of sp³-hybridized carbons (Fsp3) is 0.364. The van der Waals surface area contributed by atoms with E-state index in [1.165, 1.54) is 12.1 Å². The van der Waals surface area contributed by atoms with Crippen molar-refractivity contribution in [3.63, 3.8) is 0 Å². The van der Waals surface area contributed by atoms with Crippen molar-refractivity contribution in [3.05, 3.63) is 57.8 Å². The highest BCUT2D eigenvalue weighted by atomic mass is 16.6. The van der Waals surface area contributed by atoms with Crippen molar-refractivity contribution in [1.29, 1.82) is 0 Å². The standard InChI is InChI=1S/C22H27N5O7/c1-14-8-10-24-18(11-14)23-9-4-7-19(28)25-13-20(29)26-16(12-21(30)34-2)15-5-3-6-17(22(15)31)27(32)33/h3,5-6,8,10-11,16,31H,4,7,9,12-13H2,1-2H3,(H,23,24)(H,25,28)(H,26,29). The van der Waals surface area contributed by atoms with Gasteiger partial charge in [0.1, 0.15) is 5.82 Å². The topological polar surface area (TPSA) is 173 Å². The van der Waals surface area contributed by atoms with E-state index in [9.17, 15) is 29.6 Å². The van der Waals surface area contributed by atoms with Crippen LogP contribution in [0.25, 0.3) is 0 Å². The average Bonchev–Trinajstić information content (AvgIpc) is 2.80. The highest BCUT2D eigenvalue weighted by molar-refractivity contribution is 5.85. The maximum atomic E-state index is 12.4. The number of aromatic hydroxyl groups is 1. The van der Waals surface area contributed by atoms with Gasteiger partial charge < -0.3 is 25.8 Å². The van der Waals surface area contributed by atoms with Crippen LogP contribution < -0.4 is 16.0 Å². The summed E-state index contributed by atoms with van der Waals surface area (Å²) in [6.45, 7) is 2.09. The number of benzene rings is 1. The molecule has 0 fully saturated rings. The second kappa shape index (κ2) is 12.7. The third-order valence-corrected chi connectivity index (χ3v) is 4.80. The number of nitrogens with zero attached hydrogens (tertiary/aromatic N) is 2. The summed E-state index contributed by atoms with van der Waals surface area (Å²) in [4.78, 5) is 50.7. The maximum absolute atomic E-state index is 12.4. The molecule has 1 heterocycles. The fourth-order valence-corrected chi connectivity index (χ4v) is 3.08. The Balaban J connectivity index is 1.88. The van der Waals surface area contributed by atoms with Gasteiger partial charge in [-0.1, -0.05) is 12.1 Å². The smallest absolute Gasteiger partial charge is 0.311 e. The number of hydrogen-bond acceptors (Lipinski definition) is 9. The molecule has 1 aromatic carbocycles. The molecule has 12 heteroatoms. The molecule has 0 bridgehead atoms. The number of phenolic OH excluding ortho intramolecular Hbond substituents is 1. The van der Waals surface area contributed by atoms with E-state index < -0.39 is 34.3 Å². The zero-order valence-corrected chi connectivity index (χ0v) is 18.9. The molecular formula is C22H27N5O7. The number of phenols is 1. The molecule has 182 valence electrons. The van der Waals surface area contributed by atoms with E-state index in [0.29, 0.717) is 18.8 Å². The monoisotopic (exact) mass is 473 g/mol. The first-order chi connectivity index (χ1) is 16.2. The normalized spacial score (nSPS) is 11.2. The molecule has 34 heavy (non-hydrogen) atoms. The summed E-state index contributed by atoms with van der Waals surface area (Å²) in [5.41, 5.74) is 0.477. The molecule has 0 saturated heterocycles. The van der Waals surface area contributed by atoms with E-state index in [1.807, 2.05) is 19.1 Å². The SMILES string of the molecule is COC(=O)CC(NC(=O)CNC(=O)CCCNc1cc(C)ccn1)c1cccc([N+](=O)[O-])c1O. The number of anilines is 1. The number of pyridine rings is 1. The van der Waals surface area contributed by atoms with Crippen molar-refractivity contribution < 1.29 is 29.2 Å². The lowest BCUT2D eigenvalue weighted by Crippen LogP contribution is -2.39. The molecular weight excluding hydrogens is 446 g/mol. The Kier molecular flexibility index (Phi) is 9.74. The van der Waals surface area contributed by atoms with Crippen LogP contribution in [-0.2, 0) is 19.1 Å². The summed E-state index contributed by atoms with van der Waals surface area (Å²) in [6.07, 6.45) is 1.99. The van der Waals surface area contributed by atoms with E-state index in [1.54, 1.807) is 6.20 Å². The van der Waals surface area contributed by atoms with Crippen molar-refractivity contribution in [3.8, 4) is 5.75 Å². The van der Waals surface area contributed by atoms with Crippen LogP contribution in [-0.4, -0.2) is 53.0 Å². The van der Waals surface area contributed by atoms with Gasteiger partial charge in [-0.25, -0.2) is 4.98 Å². The number of carbonyl (C=O) groups excluding carboxylic acids is 3. The van der Waals surface area contributed by atoms with Crippen LogP contribution >= 0.6 is 0 Å². The minimum absolute atomic E-state index is 0.0184. The van der Waals surface area contributed by atoms with E-state index in [4.69, 9.17) is 0 Å². The average molecular weight is 473 g/mol. The van der Waals surface area contributed by atoms with Crippen LogP contribution in [0.5, 0.6) is 5.75 Å². The molecule has 0 radical (unpaired) electrons. The summed E-state index contributed by atoms with van der Waals surface area (Å²) < 4.78 is 4.61. The molecule has 2 rings (SSSR count). The van der Waals surface area contributed by atoms with Crippen molar-refractivity contribution in [2.75, 3.05) is 25.5 Å². The molecule has 0 spiro atoms. The van der Waals surface area contributed by atoms with Gasteiger partial charge in [0.05, 0.1) is 31.0 Å². The number of rotatable bonds is 12. The number of para-hydroxylation sites is 1. The second-order valence-corrected chi connectivity index (χ2v) is 7.40. The molecule has 1 aromatic heterocycles. The summed E-state index contributed by atoms with van der Waals surface area (Å²) in [6, 6.07) is 6.44. The Morgan fingerprint density at radius 2 is 2.00 bits per heavy atom. The van der Waals surface area contributed by atoms with Crippen molar-refractivity contribution >= 4 is 29.3 Å². The molecule has 0 saturated carbocycles. The molecule has 4 N–H and O–H groups in total. The number of esters is 1. The third-order valence-electron chi connectivity index (χ3n) is 4.80. The number of nitro groups is 1. The Bertz CT molecular complexity index is 1040. The summed E-state index contributed by atoms with van der Waals surface area (Å²) in [5, 5.41) is 29.4. The largest absolute Gasteiger partial charge is 0.502 e. The fourth-order valence-electron chi connectivity index (χ4n) is 3.08. The first-order valence-electron chi connectivity index (χ1n) is 10.5. The Hall–Kier alpha value is -4.22. The van der Waals surface area contributed by atoms with E-state index in [0.717, 1.165) is 18.7 Å². The quantitative estimate of drug-likeness (QED) is 0.155. The number of aromatic nitrogens is 1. The third kappa shape index (κ3) is 8.04. The van der Waals surface area contributed by atoms with Crippen LogP contribution in [0.2, 0.25) is 0 Å². The van der Waals surface area contributed by atoms with Gasteiger partial charge in [0.15, 0.2) is 5.75 Å². The molecule has 0 aliphatic rings. The van der Waals surface area contributed by atoms with Crippen LogP contribution in [0, 0.1) is 17.0 Å². The molecule has 1 unspecified atom stereocenters.